The molecule has 0 atom stereocenters. The zero-order valence-corrected chi connectivity index (χ0v) is 12.4. The molecule has 0 N–H and O–H groups in total. The van der Waals surface area contributed by atoms with Gasteiger partial charge in [0, 0.05) is 37.3 Å². The van der Waals surface area contributed by atoms with Gasteiger partial charge in [-0.3, -0.25) is 10.1 Å². The van der Waals surface area contributed by atoms with E-state index >= 15 is 0 Å². The number of piperazine rings is 1. The lowest BCUT2D eigenvalue weighted by Gasteiger charge is -2.31. The standard InChI is InChI=1S/C11H14ClN3O4S/c1-13-4-6-14(7-5-13)20(18,19)11-8-9(12)2-3-10(11)15(16)17/h2-3,8H,4-7H2,1H3. The smallest absolute Gasteiger partial charge is 0.289 e. The van der Waals surface area contributed by atoms with Crippen LogP contribution in [0.25, 0.3) is 0 Å². The summed E-state index contributed by atoms with van der Waals surface area (Å²) in [5.74, 6) is 0. The Morgan fingerprint density at radius 1 is 1.25 bits per heavy atom. The number of rotatable bonds is 3. The molecule has 110 valence electrons. The van der Waals surface area contributed by atoms with Crippen molar-refractivity contribution in [3.8, 4) is 0 Å². The van der Waals surface area contributed by atoms with E-state index in [-0.39, 0.29) is 9.92 Å². The molecule has 0 unspecified atom stereocenters. The van der Waals surface area contributed by atoms with E-state index in [1.165, 1.54) is 10.4 Å². The van der Waals surface area contributed by atoms with Crippen molar-refractivity contribution in [2.24, 2.45) is 0 Å². The number of sulfonamides is 1. The molecule has 2 rings (SSSR count). The van der Waals surface area contributed by atoms with Crippen LogP contribution in [0.2, 0.25) is 5.02 Å². The highest BCUT2D eigenvalue weighted by Crippen LogP contribution is 2.29. The van der Waals surface area contributed by atoms with Crippen LogP contribution in [0.4, 0.5) is 5.69 Å². The fourth-order valence-corrected chi connectivity index (χ4v) is 3.85. The van der Waals surface area contributed by atoms with Crippen molar-refractivity contribution in [1.82, 2.24) is 9.21 Å². The van der Waals surface area contributed by atoms with Gasteiger partial charge in [0.25, 0.3) is 5.69 Å². The summed E-state index contributed by atoms with van der Waals surface area (Å²) in [5, 5.41) is 11.1. The Hall–Kier alpha value is -1.22. The van der Waals surface area contributed by atoms with Crippen molar-refractivity contribution in [1.29, 1.82) is 0 Å². The molecule has 20 heavy (non-hydrogen) atoms. The summed E-state index contributed by atoms with van der Waals surface area (Å²) in [6.07, 6.45) is 0. The molecule has 1 heterocycles. The SMILES string of the molecule is CN1CCN(S(=O)(=O)c2cc(Cl)ccc2[N+](=O)[O-])CC1. The lowest BCUT2D eigenvalue weighted by atomic mass is 10.3. The highest BCUT2D eigenvalue weighted by molar-refractivity contribution is 7.89. The van der Waals surface area contributed by atoms with Crippen LogP contribution in [0.3, 0.4) is 0 Å². The van der Waals surface area contributed by atoms with Crippen LogP contribution in [0.15, 0.2) is 23.1 Å². The van der Waals surface area contributed by atoms with Gasteiger partial charge in [0.05, 0.1) is 4.92 Å². The van der Waals surface area contributed by atoms with Crippen molar-refractivity contribution < 1.29 is 13.3 Å². The summed E-state index contributed by atoms with van der Waals surface area (Å²) in [5.41, 5.74) is -0.451. The fourth-order valence-electron chi connectivity index (χ4n) is 2.01. The van der Waals surface area contributed by atoms with Crippen molar-refractivity contribution in [2.45, 2.75) is 4.90 Å². The Balaban J connectivity index is 2.43. The van der Waals surface area contributed by atoms with Gasteiger partial charge in [0.2, 0.25) is 10.0 Å². The average Bonchev–Trinajstić information content (AvgIpc) is 2.38. The molecular weight excluding hydrogens is 306 g/mol. The zero-order chi connectivity index (χ0) is 14.9. The minimum Gasteiger partial charge on any atom is -0.304 e. The van der Waals surface area contributed by atoms with Gasteiger partial charge in [0.1, 0.15) is 0 Å². The third-order valence-electron chi connectivity index (χ3n) is 3.20. The second-order valence-electron chi connectivity index (χ2n) is 4.58. The quantitative estimate of drug-likeness (QED) is 0.617. The van der Waals surface area contributed by atoms with Gasteiger partial charge in [-0.2, -0.15) is 4.31 Å². The Labute approximate surface area is 121 Å². The Morgan fingerprint density at radius 3 is 2.40 bits per heavy atom. The lowest BCUT2D eigenvalue weighted by molar-refractivity contribution is -0.387. The maximum absolute atomic E-state index is 12.5. The minimum atomic E-state index is -3.90. The molecule has 1 aliphatic rings. The summed E-state index contributed by atoms with van der Waals surface area (Å²) in [7, 11) is -2.01. The topological polar surface area (TPSA) is 83.8 Å². The van der Waals surface area contributed by atoms with Crippen molar-refractivity contribution in [3.05, 3.63) is 33.3 Å². The molecule has 0 spiro atoms. The number of hydrogen-bond acceptors (Lipinski definition) is 5. The first-order chi connectivity index (χ1) is 9.32. The van der Waals surface area contributed by atoms with Crippen LogP contribution in [-0.2, 0) is 10.0 Å². The van der Waals surface area contributed by atoms with E-state index in [0.717, 1.165) is 12.1 Å². The van der Waals surface area contributed by atoms with Crippen LogP contribution in [0.5, 0.6) is 0 Å². The lowest BCUT2D eigenvalue weighted by Crippen LogP contribution is -2.47. The molecule has 0 amide bonds. The molecule has 0 bridgehead atoms. The number of likely N-dealkylation sites (N-methyl/N-ethyl adjacent to an activating group) is 1. The molecule has 0 aliphatic carbocycles. The highest BCUT2D eigenvalue weighted by Gasteiger charge is 2.33. The molecule has 0 aromatic heterocycles. The maximum atomic E-state index is 12.5. The maximum Gasteiger partial charge on any atom is 0.289 e. The molecule has 9 heteroatoms. The van der Waals surface area contributed by atoms with E-state index in [1.54, 1.807) is 0 Å². The monoisotopic (exact) mass is 319 g/mol. The molecule has 1 aliphatic heterocycles. The third kappa shape index (κ3) is 2.93. The predicted octanol–water partition coefficient (Wildman–Crippen LogP) is 1.18. The normalized spacial score (nSPS) is 18.1. The van der Waals surface area contributed by atoms with Gasteiger partial charge < -0.3 is 4.90 Å². The highest BCUT2D eigenvalue weighted by atomic mass is 35.5. The van der Waals surface area contributed by atoms with Crippen molar-refractivity contribution >= 4 is 27.3 Å². The first-order valence-corrected chi connectivity index (χ1v) is 7.77. The van der Waals surface area contributed by atoms with Crippen LogP contribution in [0.1, 0.15) is 0 Å². The van der Waals surface area contributed by atoms with Gasteiger partial charge >= 0.3 is 0 Å². The van der Waals surface area contributed by atoms with Gasteiger partial charge in [0.15, 0.2) is 4.90 Å². The molecule has 0 saturated carbocycles. The molecule has 1 aromatic carbocycles. The molecule has 1 saturated heterocycles. The van der Waals surface area contributed by atoms with Crippen molar-refractivity contribution in [3.63, 3.8) is 0 Å². The summed E-state index contributed by atoms with van der Waals surface area (Å²) < 4.78 is 26.3. The van der Waals surface area contributed by atoms with E-state index in [4.69, 9.17) is 11.6 Å². The number of halogens is 1. The van der Waals surface area contributed by atoms with Crippen LogP contribution < -0.4 is 0 Å². The predicted molar refractivity (Wildman–Crippen MR) is 74.4 cm³/mol. The Kier molecular flexibility index (Phi) is 4.28. The van der Waals surface area contributed by atoms with E-state index in [0.29, 0.717) is 26.2 Å². The second kappa shape index (κ2) is 5.65. The summed E-state index contributed by atoms with van der Waals surface area (Å²) in [4.78, 5) is 11.9. The first-order valence-electron chi connectivity index (χ1n) is 5.95. The Morgan fingerprint density at radius 2 is 1.85 bits per heavy atom. The van der Waals surface area contributed by atoms with Gasteiger partial charge in [-0.05, 0) is 19.2 Å². The summed E-state index contributed by atoms with van der Waals surface area (Å²) in [6.45, 7) is 1.80. The van der Waals surface area contributed by atoms with Gasteiger partial charge in [-0.1, -0.05) is 11.6 Å². The van der Waals surface area contributed by atoms with Crippen LogP contribution in [0, 0.1) is 10.1 Å². The summed E-state index contributed by atoms with van der Waals surface area (Å²) >= 11 is 5.78. The van der Waals surface area contributed by atoms with Crippen LogP contribution in [-0.4, -0.2) is 55.8 Å². The molecular formula is C11H14ClN3O4S. The van der Waals surface area contributed by atoms with Gasteiger partial charge in [-0.15, -0.1) is 0 Å². The first kappa shape index (κ1) is 15.2. The molecule has 1 fully saturated rings. The molecule has 7 nitrogen and oxygen atoms in total. The van der Waals surface area contributed by atoms with Crippen LogP contribution >= 0.6 is 11.6 Å². The summed E-state index contributed by atoms with van der Waals surface area (Å²) in [6, 6.07) is 3.56. The number of nitro benzene ring substituents is 1. The number of nitro groups is 1. The number of hydrogen-bond donors (Lipinski definition) is 0. The van der Waals surface area contributed by atoms with E-state index < -0.39 is 20.6 Å². The van der Waals surface area contributed by atoms with E-state index in [9.17, 15) is 18.5 Å². The minimum absolute atomic E-state index is 0.156. The molecule has 0 radical (unpaired) electrons. The molecule has 1 aromatic rings. The third-order valence-corrected chi connectivity index (χ3v) is 5.36. The number of benzene rings is 1. The van der Waals surface area contributed by atoms with Gasteiger partial charge in [-0.25, -0.2) is 8.42 Å². The van der Waals surface area contributed by atoms with Crippen molar-refractivity contribution in [2.75, 3.05) is 33.2 Å². The van der Waals surface area contributed by atoms with E-state index in [1.807, 2.05) is 11.9 Å². The fraction of sp³-hybridized carbons (Fsp3) is 0.455. The number of nitrogens with zero attached hydrogens (tertiary/aromatic N) is 3. The second-order valence-corrected chi connectivity index (χ2v) is 6.92. The zero-order valence-electron chi connectivity index (χ0n) is 10.8. The largest absolute Gasteiger partial charge is 0.304 e. The van der Waals surface area contributed by atoms with E-state index in [2.05, 4.69) is 0 Å². The average molecular weight is 320 g/mol. The Bertz CT molecular complexity index is 627.